The average Bonchev–Trinajstić information content (AvgIpc) is 2.92. The summed E-state index contributed by atoms with van der Waals surface area (Å²) >= 11 is 1.51. The van der Waals surface area contributed by atoms with Gasteiger partial charge >= 0.3 is 0 Å². The molecule has 1 heterocycles. The van der Waals surface area contributed by atoms with E-state index in [0.29, 0.717) is 11.3 Å². The van der Waals surface area contributed by atoms with E-state index in [9.17, 15) is 9.90 Å². The number of hydrogen-bond acceptors (Lipinski definition) is 4. The lowest BCUT2D eigenvalue weighted by atomic mass is 10.1. The summed E-state index contributed by atoms with van der Waals surface area (Å²) in [7, 11) is 0. The zero-order valence-electron chi connectivity index (χ0n) is 10.6. The lowest BCUT2D eigenvalue weighted by Crippen LogP contribution is -2.28. The van der Waals surface area contributed by atoms with Crippen molar-refractivity contribution in [2.75, 3.05) is 12.3 Å². The monoisotopic (exact) mass is 276 g/mol. The number of nitrogens with two attached hydrogens (primary N) is 1. The molecule has 1 aromatic heterocycles. The summed E-state index contributed by atoms with van der Waals surface area (Å²) in [5.74, 6) is -0.268. The number of nitrogen functional groups attached to an aromatic ring is 1. The first-order valence-corrected chi connectivity index (χ1v) is 6.86. The molecule has 100 valence electrons. The van der Waals surface area contributed by atoms with E-state index in [2.05, 4.69) is 5.32 Å². The van der Waals surface area contributed by atoms with Gasteiger partial charge < -0.3 is 16.2 Å². The second-order valence-electron chi connectivity index (χ2n) is 4.37. The van der Waals surface area contributed by atoms with E-state index in [1.54, 1.807) is 12.1 Å². The van der Waals surface area contributed by atoms with Crippen LogP contribution in [0.2, 0.25) is 0 Å². The number of anilines is 1. The molecule has 0 aliphatic carbocycles. The summed E-state index contributed by atoms with van der Waals surface area (Å²) in [6.07, 6.45) is -0.693. The number of rotatable bonds is 4. The number of nitrogens with one attached hydrogen (secondary N) is 1. The summed E-state index contributed by atoms with van der Waals surface area (Å²) in [6.45, 7) is 2.07. The van der Waals surface area contributed by atoms with Gasteiger partial charge in [0.25, 0.3) is 5.91 Å². The minimum Gasteiger partial charge on any atom is -0.398 e. The van der Waals surface area contributed by atoms with Crippen LogP contribution >= 0.6 is 11.3 Å². The number of aryl methyl sites for hydroxylation is 1. The van der Waals surface area contributed by atoms with Crippen LogP contribution in [0, 0.1) is 6.92 Å². The predicted octanol–water partition coefficient (Wildman–Crippen LogP) is 2.10. The molecule has 0 fully saturated rings. The molecule has 0 aliphatic heterocycles. The quantitative estimate of drug-likeness (QED) is 0.749. The first kappa shape index (κ1) is 13.6. The summed E-state index contributed by atoms with van der Waals surface area (Å²) in [5.41, 5.74) is 8.43. The van der Waals surface area contributed by atoms with E-state index in [1.165, 1.54) is 11.3 Å². The molecule has 5 heteroatoms. The van der Waals surface area contributed by atoms with Crippen molar-refractivity contribution in [3.8, 4) is 0 Å². The lowest BCUT2D eigenvalue weighted by molar-refractivity contribution is 0.0917. The Kier molecular flexibility index (Phi) is 4.19. The molecule has 0 spiro atoms. The smallest absolute Gasteiger partial charge is 0.253 e. The number of thiophene rings is 1. The number of amides is 1. The number of hydrogen-bond donors (Lipinski definition) is 3. The first-order valence-electron chi connectivity index (χ1n) is 5.92. The van der Waals surface area contributed by atoms with Gasteiger partial charge in [0.15, 0.2) is 0 Å². The molecule has 19 heavy (non-hydrogen) atoms. The largest absolute Gasteiger partial charge is 0.398 e. The molecule has 0 radical (unpaired) electrons. The standard InChI is InChI=1S/C14H16N2O2S/c1-9-2-3-12(15)11(6-9)14(18)16-7-13(17)10-4-5-19-8-10/h2-6,8,13,17H,7,15H2,1H3,(H,16,18). The minimum absolute atomic E-state index is 0.170. The highest BCUT2D eigenvalue weighted by Crippen LogP contribution is 2.16. The fraction of sp³-hybridized carbons (Fsp3) is 0.214. The van der Waals surface area contributed by atoms with Gasteiger partial charge in [-0.15, -0.1) is 0 Å². The summed E-state index contributed by atoms with van der Waals surface area (Å²) in [6, 6.07) is 7.13. The van der Waals surface area contributed by atoms with Crippen molar-refractivity contribution in [2.45, 2.75) is 13.0 Å². The van der Waals surface area contributed by atoms with E-state index in [0.717, 1.165) is 11.1 Å². The van der Waals surface area contributed by atoms with Gasteiger partial charge in [-0.1, -0.05) is 11.6 Å². The van der Waals surface area contributed by atoms with Gasteiger partial charge in [-0.2, -0.15) is 11.3 Å². The Hall–Kier alpha value is -1.85. The molecule has 1 unspecified atom stereocenters. The van der Waals surface area contributed by atoms with Crippen LogP contribution in [0.4, 0.5) is 5.69 Å². The molecule has 1 atom stereocenters. The van der Waals surface area contributed by atoms with Gasteiger partial charge in [-0.25, -0.2) is 0 Å². The average molecular weight is 276 g/mol. The highest BCUT2D eigenvalue weighted by Gasteiger charge is 2.13. The van der Waals surface area contributed by atoms with Crippen molar-refractivity contribution in [3.05, 3.63) is 51.7 Å². The normalized spacial score (nSPS) is 12.1. The molecule has 2 aromatic rings. The summed E-state index contributed by atoms with van der Waals surface area (Å²) < 4.78 is 0. The third-order valence-corrected chi connectivity index (χ3v) is 3.54. The van der Waals surface area contributed by atoms with E-state index in [4.69, 9.17) is 5.73 Å². The van der Waals surface area contributed by atoms with Gasteiger partial charge in [0.1, 0.15) is 0 Å². The predicted molar refractivity (Wildman–Crippen MR) is 77.2 cm³/mol. The second-order valence-corrected chi connectivity index (χ2v) is 5.15. The van der Waals surface area contributed by atoms with Crippen LogP contribution in [0.5, 0.6) is 0 Å². The molecule has 0 saturated carbocycles. The number of aliphatic hydroxyl groups is 1. The maximum absolute atomic E-state index is 12.0. The summed E-state index contributed by atoms with van der Waals surface area (Å²) in [4.78, 5) is 12.0. The zero-order valence-corrected chi connectivity index (χ0v) is 11.4. The van der Waals surface area contributed by atoms with E-state index >= 15 is 0 Å². The molecule has 0 saturated heterocycles. The van der Waals surface area contributed by atoms with Crippen LogP contribution in [0.3, 0.4) is 0 Å². The van der Waals surface area contributed by atoms with Crippen LogP contribution in [-0.4, -0.2) is 17.6 Å². The van der Waals surface area contributed by atoms with Crippen molar-refractivity contribution < 1.29 is 9.90 Å². The zero-order chi connectivity index (χ0) is 13.8. The Bertz CT molecular complexity index is 567. The van der Waals surface area contributed by atoms with Crippen molar-refractivity contribution in [1.29, 1.82) is 0 Å². The molecule has 0 aliphatic rings. The maximum Gasteiger partial charge on any atom is 0.253 e. The van der Waals surface area contributed by atoms with Crippen LogP contribution in [-0.2, 0) is 0 Å². The number of aliphatic hydroxyl groups excluding tert-OH is 1. The minimum atomic E-state index is -0.693. The third-order valence-electron chi connectivity index (χ3n) is 2.84. The SMILES string of the molecule is Cc1ccc(N)c(C(=O)NCC(O)c2ccsc2)c1. The number of carbonyl (C=O) groups excluding carboxylic acids is 1. The summed E-state index contributed by atoms with van der Waals surface area (Å²) in [5, 5.41) is 16.3. The highest BCUT2D eigenvalue weighted by molar-refractivity contribution is 7.07. The molecular weight excluding hydrogens is 260 g/mol. The van der Waals surface area contributed by atoms with Crippen molar-refractivity contribution in [2.24, 2.45) is 0 Å². The fourth-order valence-electron chi connectivity index (χ4n) is 1.73. The van der Waals surface area contributed by atoms with Crippen molar-refractivity contribution in [3.63, 3.8) is 0 Å². The molecule has 1 amide bonds. The van der Waals surface area contributed by atoms with Crippen LogP contribution < -0.4 is 11.1 Å². The third kappa shape index (κ3) is 3.33. The highest BCUT2D eigenvalue weighted by atomic mass is 32.1. The van der Waals surface area contributed by atoms with Gasteiger partial charge in [-0.3, -0.25) is 4.79 Å². The Morgan fingerprint density at radius 1 is 1.47 bits per heavy atom. The fourth-order valence-corrected chi connectivity index (χ4v) is 2.44. The number of carbonyl (C=O) groups is 1. The van der Waals surface area contributed by atoms with Gasteiger partial charge in [0, 0.05) is 12.2 Å². The van der Waals surface area contributed by atoms with Gasteiger partial charge in [-0.05, 0) is 41.4 Å². The molecule has 4 nitrogen and oxygen atoms in total. The van der Waals surface area contributed by atoms with Gasteiger partial charge in [0.2, 0.25) is 0 Å². The number of benzene rings is 1. The van der Waals surface area contributed by atoms with Gasteiger partial charge in [0.05, 0.1) is 11.7 Å². The lowest BCUT2D eigenvalue weighted by Gasteiger charge is -2.12. The van der Waals surface area contributed by atoms with Crippen molar-refractivity contribution in [1.82, 2.24) is 5.32 Å². The molecule has 2 rings (SSSR count). The van der Waals surface area contributed by atoms with E-state index in [-0.39, 0.29) is 12.5 Å². The Morgan fingerprint density at radius 3 is 2.95 bits per heavy atom. The Labute approximate surface area is 115 Å². The Morgan fingerprint density at radius 2 is 2.26 bits per heavy atom. The molecule has 0 bridgehead atoms. The maximum atomic E-state index is 12.0. The molecular formula is C14H16N2O2S. The van der Waals surface area contributed by atoms with Crippen LogP contribution in [0.25, 0.3) is 0 Å². The Balaban J connectivity index is 2.00. The molecule has 1 aromatic carbocycles. The van der Waals surface area contributed by atoms with Crippen molar-refractivity contribution >= 4 is 22.9 Å². The van der Waals surface area contributed by atoms with E-state index < -0.39 is 6.10 Å². The van der Waals surface area contributed by atoms with E-state index in [1.807, 2.05) is 29.8 Å². The topological polar surface area (TPSA) is 75.4 Å². The molecule has 4 N–H and O–H groups in total. The van der Waals surface area contributed by atoms with Crippen LogP contribution in [0.15, 0.2) is 35.0 Å². The van der Waals surface area contributed by atoms with Crippen LogP contribution in [0.1, 0.15) is 27.6 Å². The first-order chi connectivity index (χ1) is 9.08. The second kappa shape index (κ2) is 5.86.